The lowest BCUT2D eigenvalue weighted by Crippen LogP contribution is -2.39. The summed E-state index contributed by atoms with van der Waals surface area (Å²) >= 11 is 5.60. The van der Waals surface area contributed by atoms with E-state index in [4.69, 9.17) is 11.6 Å². The van der Waals surface area contributed by atoms with E-state index >= 15 is 0 Å². The standard InChI is InChI=1S/C14H14ClFN2O2/c1-2-6-17-7-5-13(19)18(14(17)20)9-10-3-4-11(15)12(16)8-10/h3-5,7-8H,2,6,9H2,1H3. The molecule has 0 fully saturated rings. The quantitative estimate of drug-likeness (QED) is 0.868. The predicted molar refractivity (Wildman–Crippen MR) is 75.8 cm³/mol. The van der Waals surface area contributed by atoms with E-state index in [0.29, 0.717) is 12.1 Å². The molecule has 106 valence electrons. The van der Waals surface area contributed by atoms with Gasteiger partial charge in [-0.3, -0.25) is 9.36 Å². The SMILES string of the molecule is CCCn1ccc(=O)n(Cc2ccc(Cl)c(F)c2)c1=O. The second-order valence-corrected chi connectivity index (χ2v) is 4.87. The van der Waals surface area contributed by atoms with E-state index in [1.165, 1.54) is 29.0 Å². The normalized spacial score (nSPS) is 10.8. The second kappa shape index (κ2) is 6.05. The molecule has 1 heterocycles. The summed E-state index contributed by atoms with van der Waals surface area (Å²) in [5.41, 5.74) is -0.284. The summed E-state index contributed by atoms with van der Waals surface area (Å²) in [7, 11) is 0. The van der Waals surface area contributed by atoms with E-state index in [-0.39, 0.29) is 11.6 Å². The minimum absolute atomic E-state index is 0.0116. The van der Waals surface area contributed by atoms with Crippen LogP contribution in [-0.2, 0) is 13.1 Å². The highest BCUT2D eigenvalue weighted by Crippen LogP contribution is 2.15. The first kappa shape index (κ1) is 14.5. The number of hydrogen-bond acceptors (Lipinski definition) is 2. The van der Waals surface area contributed by atoms with E-state index in [1.54, 1.807) is 6.07 Å². The number of benzene rings is 1. The molecule has 1 aromatic carbocycles. The molecule has 0 saturated carbocycles. The molecule has 0 N–H and O–H groups in total. The van der Waals surface area contributed by atoms with Crippen LogP contribution in [0, 0.1) is 5.82 Å². The Morgan fingerprint density at radius 1 is 1.25 bits per heavy atom. The molecule has 20 heavy (non-hydrogen) atoms. The molecule has 2 rings (SSSR count). The van der Waals surface area contributed by atoms with Crippen molar-refractivity contribution >= 4 is 11.6 Å². The maximum Gasteiger partial charge on any atom is 0.331 e. The van der Waals surface area contributed by atoms with Crippen LogP contribution in [0.5, 0.6) is 0 Å². The number of aromatic nitrogens is 2. The van der Waals surface area contributed by atoms with Gasteiger partial charge in [0, 0.05) is 18.8 Å². The van der Waals surface area contributed by atoms with Gasteiger partial charge >= 0.3 is 5.69 Å². The first-order valence-electron chi connectivity index (χ1n) is 6.27. The van der Waals surface area contributed by atoms with E-state index < -0.39 is 17.1 Å². The molecular weight excluding hydrogens is 283 g/mol. The van der Waals surface area contributed by atoms with Gasteiger partial charge in [-0.05, 0) is 24.1 Å². The van der Waals surface area contributed by atoms with Gasteiger partial charge in [0.15, 0.2) is 0 Å². The van der Waals surface area contributed by atoms with Crippen molar-refractivity contribution in [2.75, 3.05) is 0 Å². The summed E-state index contributed by atoms with van der Waals surface area (Å²) in [4.78, 5) is 23.9. The average Bonchev–Trinajstić information content (AvgIpc) is 2.42. The average molecular weight is 297 g/mol. The summed E-state index contributed by atoms with van der Waals surface area (Å²) in [5.74, 6) is -0.568. The highest BCUT2D eigenvalue weighted by atomic mass is 35.5. The molecule has 2 aromatic rings. The van der Waals surface area contributed by atoms with Crippen molar-refractivity contribution in [2.45, 2.75) is 26.4 Å². The highest BCUT2D eigenvalue weighted by molar-refractivity contribution is 6.30. The van der Waals surface area contributed by atoms with Crippen molar-refractivity contribution in [3.63, 3.8) is 0 Å². The smallest absolute Gasteiger partial charge is 0.300 e. The molecule has 0 atom stereocenters. The van der Waals surface area contributed by atoms with Gasteiger partial charge in [-0.1, -0.05) is 24.6 Å². The Morgan fingerprint density at radius 2 is 2.00 bits per heavy atom. The van der Waals surface area contributed by atoms with Crippen LogP contribution in [0.4, 0.5) is 4.39 Å². The van der Waals surface area contributed by atoms with Crippen molar-refractivity contribution in [2.24, 2.45) is 0 Å². The molecule has 0 radical (unpaired) electrons. The summed E-state index contributed by atoms with van der Waals surface area (Å²) in [6.07, 6.45) is 2.26. The molecule has 0 aliphatic carbocycles. The Hall–Kier alpha value is -1.88. The van der Waals surface area contributed by atoms with Gasteiger partial charge in [0.25, 0.3) is 5.56 Å². The Labute approximate surface area is 120 Å². The van der Waals surface area contributed by atoms with Crippen LogP contribution in [0.15, 0.2) is 40.1 Å². The van der Waals surface area contributed by atoms with Crippen molar-refractivity contribution in [3.05, 3.63) is 67.7 Å². The Balaban J connectivity index is 2.42. The number of aryl methyl sites for hydroxylation is 1. The number of hydrogen-bond donors (Lipinski definition) is 0. The fourth-order valence-electron chi connectivity index (χ4n) is 1.93. The molecule has 0 spiro atoms. The van der Waals surface area contributed by atoms with E-state index in [9.17, 15) is 14.0 Å². The van der Waals surface area contributed by atoms with Crippen LogP contribution < -0.4 is 11.2 Å². The maximum absolute atomic E-state index is 13.4. The van der Waals surface area contributed by atoms with Crippen LogP contribution in [0.2, 0.25) is 5.02 Å². The molecule has 1 aromatic heterocycles. The van der Waals surface area contributed by atoms with Gasteiger partial charge in [-0.25, -0.2) is 9.18 Å². The lowest BCUT2D eigenvalue weighted by atomic mass is 10.2. The lowest BCUT2D eigenvalue weighted by Gasteiger charge is -2.09. The zero-order chi connectivity index (χ0) is 14.7. The molecule has 0 unspecified atom stereocenters. The minimum Gasteiger partial charge on any atom is -0.300 e. The Kier molecular flexibility index (Phi) is 4.39. The Bertz CT molecular complexity index is 737. The van der Waals surface area contributed by atoms with E-state index in [1.807, 2.05) is 6.92 Å². The van der Waals surface area contributed by atoms with Gasteiger partial charge < -0.3 is 4.57 Å². The van der Waals surface area contributed by atoms with Crippen LogP contribution in [-0.4, -0.2) is 9.13 Å². The maximum atomic E-state index is 13.4. The third-order valence-corrected chi connectivity index (χ3v) is 3.24. The van der Waals surface area contributed by atoms with Crippen molar-refractivity contribution < 1.29 is 4.39 Å². The van der Waals surface area contributed by atoms with Crippen molar-refractivity contribution in [1.82, 2.24) is 9.13 Å². The summed E-state index contributed by atoms with van der Waals surface area (Å²) in [5, 5.41) is 0.0116. The largest absolute Gasteiger partial charge is 0.331 e. The monoisotopic (exact) mass is 296 g/mol. The van der Waals surface area contributed by atoms with Crippen LogP contribution in [0.3, 0.4) is 0 Å². The van der Waals surface area contributed by atoms with Crippen molar-refractivity contribution in [1.29, 1.82) is 0 Å². The van der Waals surface area contributed by atoms with Crippen LogP contribution in [0.1, 0.15) is 18.9 Å². The first-order chi connectivity index (χ1) is 9.52. The number of rotatable bonds is 4. The minimum atomic E-state index is -0.568. The third kappa shape index (κ3) is 2.99. The van der Waals surface area contributed by atoms with Gasteiger partial charge in [-0.2, -0.15) is 0 Å². The molecular formula is C14H14ClFN2O2. The van der Waals surface area contributed by atoms with Crippen LogP contribution >= 0.6 is 11.6 Å². The van der Waals surface area contributed by atoms with Gasteiger partial charge in [0.05, 0.1) is 11.6 Å². The topological polar surface area (TPSA) is 44.0 Å². The fourth-order valence-corrected chi connectivity index (χ4v) is 2.05. The van der Waals surface area contributed by atoms with Crippen LogP contribution in [0.25, 0.3) is 0 Å². The number of nitrogens with zero attached hydrogens (tertiary/aromatic N) is 2. The third-order valence-electron chi connectivity index (χ3n) is 2.93. The van der Waals surface area contributed by atoms with E-state index in [2.05, 4.69) is 0 Å². The summed E-state index contributed by atoms with van der Waals surface area (Å²) < 4.78 is 15.9. The Morgan fingerprint density at radius 3 is 2.65 bits per heavy atom. The molecule has 0 saturated heterocycles. The molecule has 0 amide bonds. The number of halogens is 2. The molecule has 0 bridgehead atoms. The second-order valence-electron chi connectivity index (χ2n) is 4.46. The van der Waals surface area contributed by atoms with Gasteiger partial charge in [-0.15, -0.1) is 0 Å². The molecule has 4 nitrogen and oxygen atoms in total. The van der Waals surface area contributed by atoms with E-state index in [0.717, 1.165) is 11.0 Å². The first-order valence-corrected chi connectivity index (χ1v) is 6.65. The molecule has 0 aliphatic heterocycles. The predicted octanol–water partition coefficient (Wildman–Crippen LogP) is 2.26. The van der Waals surface area contributed by atoms with Gasteiger partial charge in [0.1, 0.15) is 5.82 Å². The zero-order valence-corrected chi connectivity index (χ0v) is 11.7. The molecule has 6 heteroatoms. The highest BCUT2D eigenvalue weighted by Gasteiger charge is 2.07. The zero-order valence-electron chi connectivity index (χ0n) is 11.0. The lowest BCUT2D eigenvalue weighted by molar-refractivity contribution is 0.568. The molecule has 0 aliphatic rings. The van der Waals surface area contributed by atoms with Crippen molar-refractivity contribution in [3.8, 4) is 0 Å². The summed E-state index contributed by atoms with van der Waals surface area (Å²) in [6, 6.07) is 5.56. The fraction of sp³-hybridized carbons (Fsp3) is 0.286. The summed E-state index contributed by atoms with van der Waals surface area (Å²) in [6.45, 7) is 2.50. The van der Waals surface area contributed by atoms with Gasteiger partial charge in [0.2, 0.25) is 0 Å².